The highest BCUT2D eigenvalue weighted by atomic mass is 16.5. The molecule has 0 saturated heterocycles. The first-order valence-electron chi connectivity index (χ1n) is 7.00. The van der Waals surface area contributed by atoms with Crippen molar-refractivity contribution in [3.63, 3.8) is 0 Å². The molecule has 2 N–H and O–H groups in total. The number of likely N-dealkylation sites (N-methyl/N-ethyl adjacent to an activating group) is 1. The Bertz CT molecular complexity index is 408. The van der Waals surface area contributed by atoms with Crippen molar-refractivity contribution in [3.05, 3.63) is 24.3 Å². The van der Waals surface area contributed by atoms with Gasteiger partial charge in [0.1, 0.15) is 12.4 Å². The molecule has 0 saturated carbocycles. The Morgan fingerprint density at radius 1 is 1.35 bits per heavy atom. The van der Waals surface area contributed by atoms with Gasteiger partial charge in [-0.3, -0.25) is 4.79 Å². The first-order valence-corrected chi connectivity index (χ1v) is 7.00. The van der Waals surface area contributed by atoms with E-state index in [1.54, 1.807) is 0 Å². The normalized spacial score (nSPS) is 10.6. The van der Waals surface area contributed by atoms with Gasteiger partial charge in [-0.25, -0.2) is 0 Å². The van der Waals surface area contributed by atoms with E-state index in [-0.39, 0.29) is 5.91 Å². The number of rotatable bonds is 9. The van der Waals surface area contributed by atoms with Crippen LogP contribution in [0.1, 0.15) is 13.3 Å². The molecule has 5 heteroatoms. The zero-order valence-corrected chi connectivity index (χ0v) is 12.6. The third kappa shape index (κ3) is 7.11. The SMILES string of the molecule is CCNCCC(=O)Nc1cccc(OCCN(C)C)c1. The van der Waals surface area contributed by atoms with Crippen LogP contribution in [0.3, 0.4) is 0 Å². The predicted molar refractivity (Wildman–Crippen MR) is 82.3 cm³/mol. The van der Waals surface area contributed by atoms with Crippen molar-refractivity contribution >= 4 is 11.6 Å². The summed E-state index contributed by atoms with van der Waals surface area (Å²) in [6.07, 6.45) is 0.472. The summed E-state index contributed by atoms with van der Waals surface area (Å²) in [4.78, 5) is 13.8. The monoisotopic (exact) mass is 279 g/mol. The Hall–Kier alpha value is -1.59. The van der Waals surface area contributed by atoms with Crippen molar-refractivity contribution in [2.24, 2.45) is 0 Å². The second-order valence-corrected chi connectivity index (χ2v) is 4.83. The number of anilines is 1. The van der Waals surface area contributed by atoms with Crippen LogP contribution in [0.25, 0.3) is 0 Å². The highest BCUT2D eigenvalue weighted by Crippen LogP contribution is 2.17. The molecule has 112 valence electrons. The van der Waals surface area contributed by atoms with Crippen molar-refractivity contribution in [3.8, 4) is 5.75 Å². The molecule has 0 atom stereocenters. The van der Waals surface area contributed by atoms with E-state index in [0.29, 0.717) is 19.6 Å². The van der Waals surface area contributed by atoms with Gasteiger partial charge in [-0.15, -0.1) is 0 Å². The van der Waals surface area contributed by atoms with E-state index in [1.165, 1.54) is 0 Å². The number of hydrogen-bond donors (Lipinski definition) is 2. The highest BCUT2D eigenvalue weighted by molar-refractivity contribution is 5.90. The molecule has 1 aromatic carbocycles. The Morgan fingerprint density at radius 2 is 2.15 bits per heavy atom. The summed E-state index contributed by atoms with van der Waals surface area (Å²) in [7, 11) is 4.01. The molecule has 1 aromatic rings. The van der Waals surface area contributed by atoms with E-state index < -0.39 is 0 Å². The van der Waals surface area contributed by atoms with Gasteiger partial charge >= 0.3 is 0 Å². The van der Waals surface area contributed by atoms with E-state index in [2.05, 4.69) is 15.5 Å². The van der Waals surface area contributed by atoms with Crippen LogP contribution >= 0.6 is 0 Å². The predicted octanol–water partition coefficient (Wildman–Crippen LogP) is 1.57. The maximum Gasteiger partial charge on any atom is 0.225 e. The van der Waals surface area contributed by atoms with E-state index in [4.69, 9.17) is 4.74 Å². The second-order valence-electron chi connectivity index (χ2n) is 4.83. The molecule has 0 aliphatic rings. The quantitative estimate of drug-likeness (QED) is 0.674. The summed E-state index contributed by atoms with van der Waals surface area (Å²) >= 11 is 0. The summed E-state index contributed by atoms with van der Waals surface area (Å²) in [6, 6.07) is 7.49. The fourth-order valence-corrected chi connectivity index (χ4v) is 1.61. The molecular weight excluding hydrogens is 254 g/mol. The van der Waals surface area contributed by atoms with E-state index >= 15 is 0 Å². The third-order valence-electron chi connectivity index (χ3n) is 2.70. The second kappa shape index (κ2) is 9.34. The van der Waals surface area contributed by atoms with Crippen LogP contribution in [-0.4, -0.2) is 51.1 Å². The maximum absolute atomic E-state index is 11.7. The van der Waals surface area contributed by atoms with Gasteiger partial charge in [0.25, 0.3) is 0 Å². The fraction of sp³-hybridized carbons (Fsp3) is 0.533. The Balaban J connectivity index is 2.40. The molecule has 0 aliphatic heterocycles. The molecule has 0 unspecified atom stereocenters. The molecule has 0 heterocycles. The van der Waals surface area contributed by atoms with Gasteiger partial charge in [0.05, 0.1) is 0 Å². The fourth-order valence-electron chi connectivity index (χ4n) is 1.61. The molecule has 0 radical (unpaired) electrons. The zero-order valence-electron chi connectivity index (χ0n) is 12.6. The number of hydrogen-bond acceptors (Lipinski definition) is 4. The Morgan fingerprint density at radius 3 is 2.85 bits per heavy atom. The van der Waals surface area contributed by atoms with Crippen LogP contribution in [0.4, 0.5) is 5.69 Å². The van der Waals surface area contributed by atoms with E-state index in [9.17, 15) is 4.79 Å². The molecule has 0 aliphatic carbocycles. The van der Waals surface area contributed by atoms with Crippen molar-refractivity contribution in [1.29, 1.82) is 0 Å². The molecular formula is C15H25N3O2. The lowest BCUT2D eigenvalue weighted by Crippen LogP contribution is -2.21. The minimum atomic E-state index is 0.0105. The van der Waals surface area contributed by atoms with Crippen LogP contribution in [0, 0.1) is 0 Å². The molecule has 1 rings (SSSR count). The van der Waals surface area contributed by atoms with E-state index in [1.807, 2.05) is 45.3 Å². The first kappa shape index (κ1) is 16.5. The van der Waals surface area contributed by atoms with Gasteiger partial charge in [0.2, 0.25) is 5.91 Å². The van der Waals surface area contributed by atoms with Gasteiger partial charge in [-0.05, 0) is 32.8 Å². The van der Waals surface area contributed by atoms with E-state index in [0.717, 1.165) is 24.5 Å². The van der Waals surface area contributed by atoms with Crippen LogP contribution in [0.5, 0.6) is 5.75 Å². The summed E-state index contributed by atoms with van der Waals surface area (Å²) in [5.41, 5.74) is 0.772. The number of nitrogens with one attached hydrogen (secondary N) is 2. The summed E-state index contributed by atoms with van der Waals surface area (Å²) in [5, 5.41) is 6.00. The number of nitrogens with zero attached hydrogens (tertiary/aromatic N) is 1. The first-order chi connectivity index (χ1) is 9.61. The average molecular weight is 279 g/mol. The molecule has 1 amide bonds. The summed E-state index contributed by atoms with van der Waals surface area (Å²) in [5.74, 6) is 0.785. The van der Waals surface area contributed by atoms with Crippen LogP contribution in [-0.2, 0) is 4.79 Å². The Labute approximate surface area is 121 Å². The topological polar surface area (TPSA) is 53.6 Å². The number of ether oxygens (including phenoxy) is 1. The molecule has 0 bridgehead atoms. The lowest BCUT2D eigenvalue weighted by atomic mass is 10.3. The lowest BCUT2D eigenvalue weighted by Gasteiger charge is -2.12. The Kier molecular flexibility index (Phi) is 7.69. The van der Waals surface area contributed by atoms with Crippen molar-refractivity contribution < 1.29 is 9.53 Å². The third-order valence-corrected chi connectivity index (χ3v) is 2.70. The molecule has 5 nitrogen and oxygen atoms in total. The molecule has 0 aromatic heterocycles. The largest absolute Gasteiger partial charge is 0.492 e. The molecule has 20 heavy (non-hydrogen) atoms. The van der Waals surface area contributed by atoms with Crippen molar-refractivity contribution in [1.82, 2.24) is 10.2 Å². The minimum Gasteiger partial charge on any atom is -0.492 e. The summed E-state index contributed by atoms with van der Waals surface area (Å²) < 4.78 is 5.63. The van der Waals surface area contributed by atoms with Crippen LogP contribution in [0.15, 0.2) is 24.3 Å². The maximum atomic E-state index is 11.7. The number of amides is 1. The van der Waals surface area contributed by atoms with Gasteiger partial charge in [-0.1, -0.05) is 13.0 Å². The summed E-state index contributed by atoms with van der Waals surface area (Å²) in [6.45, 7) is 5.08. The smallest absolute Gasteiger partial charge is 0.225 e. The highest BCUT2D eigenvalue weighted by Gasteiger charge is 2.03. The number of benzene rings is 1. The lowest BCUT2D eigenvalue weighted by molar-refractivity contribution is -0.116. The van der Waals surface area contributed by atoms with Crippen molar-refractivity contribution in [2.75, 3.05) is 45.7 Å². The van der Waals surface area contributed by atoms with Gasteiger partial charge in [0.15, 0.2) is 0 Å². The van der Waals surface area contributed by atoms with Crippen molar-refractivity contribution in [2.45, 2.75) is 13.3 Å². The van der Waals surface area contributed by atoms with Gasteiger partial charge < -0.3 is 20.3 Å². The van der Waals surface area contributed by atoms with Gasteiger partial charge in [0, 0.05) is 31.3 Å². The van der Waals surface area contributed by atoms with Gasteiger partial charge in [-0.2, -0.15) is 0 Å². The van der Waals surface area contributed by atoms with Crippen LogP contribution < -0.4 is 15.4 Å². The minimum absolute atomic E-state index is 0.0105. The standard InChI is InChI=1S/C15H25N3O2/c1-4-16-9-8-15(19)17-13-6-5-7-14(12-13)20-11-10-18(2)3/h5-7,12,16H,4,8-11H2,1-3H3,(H,17,19). The molecule has 0 spiro atoms. The number of carbonyl (C=O) groups excluding carboxylic acids is 1. The average Bonchev–Trinajstić information content (AvgIpc) is 2.39. The van der Waals surface area contributed by atoms with Crippen LogP contribution in [0.2, 0.25) is 0 Å². The molecule has 0 fully saturated rings. The number of carbonyl (C=O) groups is 1. The zero-order chi connectivity index (χ0) is 14.8.